The summed E-state index contributed by atoms with van der Waals surface area (Å²) in [4.78, 5) is 4.33. The molecule has 17 heavy (non-hydrogen) atoms. The van der Waals surface area contributed by atoms with E-state index in [-0.39, 0.29) is 24.8 Å². The van der Waals surface area contributed by atoms with Crippen LogP contribution in [0.4, 0.5) is 0 Å². The molecule has 2 aromatic rings. The largest absolute Gasteiger partial charge is 0.444 e. The summed E-state index contributed by atoms with van der Waals surface area (Å²) < 4.78 is 5.41. The summed E-state index contributed by atoms with van der Waals surface area (Å²) in [7, 11) is 0. The van der Waals surface area contributed by atoms with E-state index in [2.05, 4.69) is 24.0 Å². The highest BCUT2D eigenvalue weighted by atomic mass is 35.5. The van der Waals surface area contributed by atoms with Crippen molar-refractivity contribution in [3.8, 4) is 11.3 Å². The van der Waals surface area contributed by atoms with Crippen LogP contribution in [0.2, 0.25) is 0 Å². The lowest BCUT2D eigenvalue weighted by molar-refractivity contribution is 0.477. The van der Waals surface area contributed by atoms with Crippen LogP contribution in [-0.4, -0.2) is 4.98 Å². The van der Waals surface area contributed by atoms with E-state index in [0.717, 1.165) is 17.0 Å². The maximum atomic E-state index is 5.60. The molecule has 1 aromatic heterocycles. The fraction of sp³-hybridized carbons (Fsp3) is 0.250. The molecule has 3 nitrogen and oxygen atoms in total. The van der Waals surface area contributed by atoms with Crippen molar-refractivity contribution >= 4 is 24.8 Å². The number of hydrogen-bond donors (Lipinski definition) is 1. The Morgan fingerprint density at radius 1 is 1.12 bits per heavy atom. The smallest absolute Gasteiger partial charge is 0.191 e. The van der Waals surface area contributed by atoms with Gasteiger partial charge in [0.1, 0.15) is 11.5 Å². The first-order valence-electron chi connectivity index (χ1n) is 4.94. The lowest BCUT2D eigenvalue weighted by atomic mass is 10.1. The van der Waals surface area contributed by atoms with Gasteiger partial charge in [0.25, 0.3) is 0 Å². The van der Waals surface area contributed by atoms with E-state index in [1.807, 2.05) is 19.1 Å². The molecule has 0 spiro atoms. The highest BCUT2D eigenvalue weighted by Gasteiger charge is 2.10. The monoisotopic (exact) mass is 274 g/mol. The minimum atomic E-state index is 0. The summed E-state index contributed by atoms with van der Waals surface area (Å²) in [5, 5.41) is 0. The molecule has 5 heteroatoms. The number of halogens is 2. The highest BCUT2D eigenvalue weighted by Crippen LogP contribution is 2.23. The van der Waals surface area contributed by atoms with Gasteiger partial charge in [0, 0.05) is 12.5 Å². The van der Waals surface area contributed by atoms with Crippen LogP contribution in [0.1, 0.15) is 17.2 Å². The molecule has 0 aliphatic rings. The van der Waals surface area contributed by atoms with E-state index < -0.39 is 0 Å². The summed E-state index contributed by atoms with van der Waals surface area (Å²) in [6.07, 6.45) is 0. The van der Waals surface area contributed by atoms with Crippen molar-refractivity contribution in [2.24, 2.45) is 5.73 Å². The third-order valence-corrected chi connectivity index (χ3v) is 2.31. The number of benzene rings is 1. The first kappa shape index (κ1) is 16.0. The van der Waals surface area contributed by atoms with Crippen molar-refractivity contribution in [1.29, 1.82) is 0 Å². The zero-order valence-corrected chi connectivity index (χ0v) is 11.4. The molecule has 0 bridgehead atoms. The van der Waals surface area contributed by atoms with Crippen molar-refractivity contribution in [3.63, 3.8) is 0 Å². The maximum absolute atomic E-state index is 5.60. The molecule has 1 aromatic carbocycles. The number of nitrogens with two attached hydrogens (primary N) is 1. The third-order valence-electron chi connectivity index (χ3n) is 2.31. The van der Waals surface area contributed by atoms with Gasteiger partial charge in [-0.15, -0.1) is 24.8 Å². The van der Waals surface area contributed by atoms with Crippen LogP contribution in [0, 0.1) is 13.8 Å². The van der Waals surface area contributed by atoms with Gasteiger partial charge in [0.2, 0.25) is 0 Å². The molecule has 0 aliphatic carbocycles. The number of aryl methyl sites for hydroxylation is 2. The van der Waals surface area contributed by atoms with E-state index in [1.165, 1.54) is 5.56 Å². The van der Waals surface area contributed by atoms with Crippen LogP contribution in [-0.2, 0) is 6.54 Å². The Bertz CT molecular complexity index is 466. The number of rotatable bonds is 2. The summed E-state index contributed by atoms with van der Waals surface area (Å²) in [6.45, 7) is 4.27. The van der Waals surface area contributed by atoms with Gasteiger partial charge in [0.05, 0.1) is 6.54 Å². The maximum Gasteiger partial charge on any atom is 0.191 e. The zero-order chi connectivity index (χ0) is 10.8. The number of nitrogens with zero attached hydrogens (tertiary/aromatic N) is 1. The Hall–Kier alpha value is -1.03. The van der Waals surface area contributed by atoms with Crippen LogP contribution in [0.25, 0.3) is 11.3 Å². The summed E-state index contributed by atoms with van der Waals surface area (Å²) >= 11 is 0. The Labute approximate surface area is 113 Å². The van der Waals surface area contributed by atoms with Crippen molar-refractivity contribution in [2.75, 3.05) is 0 Å². The average molecular weight is 275 g/mol. The van der Waals surface area contributed by atoms with Crippen LogP contribution >= 0.6 is 24.8 Å². The van der Waals surface area contributed by atoms with Gasteiger partial charge in [-0.1, -0.05) is 29.8 Å². The van der Waals surface area contributed by atoms with Crippen molar-refractivity contribution in [3.05, 3.63) is 41.5 Å². The lowest BCUT2D eigenvalue weighted by Gasteiger charge is -1.99. The predicted octanol–water partition coefficient (Wildman–Crippen LogP) is 3.26. The molecular formula is C12H16Cl2N2O. The van der Waals surface area contributed by atoms with E-state index in [4.69, 9.17) is 10.2 Å². The minimum Gasteiger partial charge on any atom is -0.444 e. The Morgan fingerprint density at radius 3 is 2.24 bits per heavy atom. The highest BCUT2D eigenvalue weighted by molar-refractivity contribution is 5.85. The summed E-state index contributed by atoms with van der Waals surface area (Å²) in [6, 6.07) is 8.18. The normalized spacial score (nSPS) is 9.35. The van der Waals surface area contributed by atoms with Gasteiger partial charge in [-0.2, -0.15) is 0 Å². The lowest BCUT2D eigenvalue weighted by Crippen LogP contribution is -1.96. The average Bonchev–Trinajstić information content (AvgIpc) is 2.61. The van der Waals surface area contributed by atoms with Crippen molar-refractivity contribution in [1.82, 2.24) is 4.98 Å². The molecule has 2 N–H and O–H groups in total. The molecule has 0 amide bonds. The molecular weight excluding hydrogens is 259 g/mol. The third kappa shape index (κ3) is 3.46. The molecule has 0 fully saturated rings. The summed E-state index contributed by atoms with van der Waals surface area (Å²) in [5.74, 6) is 1.40. The molecule has 2 rings (SSSR count). The summed E-state index contributed by atoms with van der Waals surface area (Å²) in [5.41, 5.74) is 8.74. The second kappa shape index (κ2) is 6.64. The first-order valence-corrected chi connectivity index (χ1v) is 4.94. The topological polar surface area (TPSA) is 52.0 Å². The molecule has 1 heterocycles. The number of hydrogen-bond acceptors (Lipinski definition) is 3. The van der Waals surface area contributed by atoms with Crippen molar-refractivity contribution < 1.29 is 4.42 Å². The van der Waals surface area contributed by atoms with Crippen LogP contribution in [0.5, 0.6) is 0 Å². The number of oxazole rings is 1. The van der Waals surface area contributed by atoms with Gasteiger partial charge in [0.15, 0.2) is 5.89 Å². The van der Waals surface area contributed by atoms with Crippen LogP contribution in [0.15, 0.2) is 28.7 Å². The number of aromatic nitrogens is 1. The van der Waals surface area contributed by atoms with E-state index in [0.29, 0.717) is 12.4 Å². The fourth-order valence-electron chi connectivity index (χ4n) is 1.54. The first-order chi connectivity index (χ1) is 7.20. The molecule has 0 radical (unpaired) electrons. The minimum absolute atomic E-state index is 0. The SMILES string of the molecule is Cc1ccc(-c2nc(C)oc2CN)cc1.Cl.Cl. The second-order valence-electron chi connectivity index (χ2n) is 3.57. The van der Waals surface area contributed by atoms with E-state index in [1.54, 1.807) is 0 Å². The van der Waals surface area contributed by atoms with Gasteiger partial charge in [-0.05, 0) is 6.92 Å². The van der Waals surface area contributed by atoms with Gasteiger partial charge in [-0.25, -0.2) is 4.98 Å². The molecule has 0 saturated carbocycles. The Morgan fingerprint density at radius 2 is 1.71 bits per heavy atom. The van der Waals surface area contributed by atoms with Gasteiger partial charge in [-0.3, -0.25) is 0 Å². The molecule has 0 atom stereocenters. The van der Waals surface area contributed by atoms with Gasteiger partial charge < -0.3 is 10.2 Å². The Kier molecular flexibility index (Phi) is 6.24. The van der Waals surface area contributed by atoms with Crippen LogP contribution in [0.3, 0.4) is 0 Å². The van der Waals surface area contributed by atoms with Crippen molar-refractivity contribution in [2.45, 2.75) is 20.4 Å². The quantitative estimate of drug-likeness (QED) is 0.915. The molecule has 0 unspecified atom stereocenters. The van der Waals surface area contributed by atoms with Gasteiger partial charge >= 0.3 is 0 Å². The zero-order valence-electron chi connectivity index (χ0n) is 9.77. The van der Waals surface area contributed by atoms with Crippen LogP contribution < -0.4 is 5.73 Å². The standard InChI is InChI=1S/C12H14N2O.2ClH/c1-8-3-5-10(6-4-8)12-11(7-13)15-9(2)14-12;;/h3-6H,7,13H2,1-2H3;2*1H. The molecule has 94 valence electrons. The van der Waals surface area contributed by atoms with E-state index >= 15 is 0 Å². The van der Waals surface area contributed by atoms with E-state index in [9.17, 15) is 0 Å². The Balaban J connectivity index is 0.00000128. The predicted molar refractivity (Wildman–Crippen MR) is 73.8 cm³/mol. The second-order valence-corrected chi connectivity index (χ2v) is 3.57. The fourth-order valence-corrected chi connectivity index (χ4v) is 1.54. The molecule has 0 saturated heterocycles. The molecule has 0 aliphatic heterocycles.